The van der Waals surface area contributed by atoms with E-state index in [0.29, 0.717) is 37.6 Å². The zero-order valence-corrected chi connectivity index (χ0v) is 21.3. The first kappa shape index (κ1) is 26.5. The van der Waals surface area contributed by atoms with Crippen LogP contribution in [-0.4, -0.2) is 65.8 Å². The van der Waals surface area contributed by atoms with Crippen LogP contribution in [0.5, 0.6) is 0 Å². The Kier molecular flexibility index (Phi) is 10.2. The van der Waals surface area contributed by atoms with E-state index < -0.39 is 12.1 Å². The molecule has 0 radical (unpaired) electrons. The Bertz CT molecular complexity index is 839. The number of hydrogen-bond acceptors (Lipinski definition) is 4. The molecule has 1 saturated carbocycles. The van der Waals surface area contributed by atoms with Crippen LogP contribution in [-0.2, 0) is 20.9 Å². The Morgan fingerprint density at radius 2 is 1.76 bits per heavy atom. The van der Waals surface area contributed by atoms with Gasteiger partial charge in [0.05, 0.1) is 12.6 Å². The number of hydrogen-bond donors (Lipinski definition) is 2. The average molecular weight is 491 g/mol. The fourth-order valence-corrected chi connectivity index (χ4v) is 5.43. The van der Waals surface area contributed by atoms with E-state index in [9.17, 15) is 14.4 Å². The third-order valence-corrected chi connectivity index (χ3v) is 7.59. The van der Waals surface area contributed by atoms with Crippen LogP contribution in [0.1, 0.15) is 64.4 Å². The van der Waals surface area contributed by atoms with Crippen molar-refractivity contribution in [3.8, 4) is 0 Å². The summed E-state index contributed by atoms with van der Waals surface area (Å²) in [4.78, 5) is 42.9. The van der Waals surface area contributed by atoms with Crippen LogP contribution >= 0.6 is 11.6 Å². The summed E-state index contributed by atoms with van der Waals surface area (Å²) < 4.78 is 0. The quantitative estimate of drug-likeness (QED) is 0.527. The molecular weight excluding hydrogens is 452 g/mol. The van der Waals surface area contributed by atoms with E-state index in [2.05, 4.69) is 10.6 Å². The third-order valence-electron chi connectivity index (χ3n) is 7.23. The van der Waals surface area contributed by atoms with Gasteiger partial charge in [-0.3, -0.25) is 19.7 Å². The Balaban J connectivity index is 1.67. The van der Waals surface area contributed by atoms with Crippen molar-refractivity contribution in [2.24, 2.45) is 5.92 Å². The molecule has 3 amide bonds. The van der Waals surface area contributed by atoms with E-state index in [-0.39, 0.29) is 30.2 Å². The molecule has 1 aliphatic heterocycles. The fourth-order valence-electron chi connectivity index (χ4n) is 5.23. The van der Waals surface area contributed by atoms with Gasteiger partial charge in [-0.15, -0.1) is 0 Å². The van der Waals surface area contributed by atoms with Crippen molar-refractivity contribution in [1.29, 1.82) is 0 Å². The van der Waals surface area contributed by atoms with Crippen molar-refractivity contribution in [1.82, 2.24) is 20.4 Å². The molecule has 1 aromatic rings. The molecule has 1 heterocycles. The lowest BCUT2D eigenvalue weighted by Crippen LogP contribution is -2.56. The van der Waals surface area contributed by atoms with Crippen molar-refractivity contribution < 1.29 is 14.4 Å². The van der Waals surface area contributed by atoms with Gasteiger partial charge < -0.3 is 15.1 Å². The first-order valence-electron chi connectivity index (χ1n) is 12.8. The highest BCUT2D eigenvalue weighted by Crippen LogP contribution is 2.29. The second kappa shape index (κ2) is 13.1. The number of halogens is 1. The molecular formula is C26H39ClN4O3. The van der Waals surface area contributed by atoms with Gasteiger partial charge in [0.25, 0.3) is 0 Å². The molecule has 2 N–H and O–H groups in total. The van der Waals surface area contributed by atoms with Crippen molar-refractivity contribution in [3.63, 3.8) is 0 Å². The van der Waals surface area contributed by atoms with Gasteiger partial charge in [0.1, 0.15) is 6.04 Å². The summed E-state index contributed by atoms with van der Waals surface area (Å²) in [7, 11) is 0. The SMILES string of the molecule is CCN(CC)C(=O)CN[C@@H](C(=O)N1CCC[C@H]1C(=O)NCc1ccccc1Cl)C1CCCCC1. The van der Waals surface area contributed by atoms with Gasteiger partial charge in [0, 0.05) is 31.2 Å². The standard InChI is InChI=1S/C26H39ClN4O3/c1-3-30(4-2)23(32)18-28-24(19-11-6-5-7-12-19)26(34)31-16-10-15-22(31)25(33)29-17-20-13-8-9-14-21(20)27/h8-9,13-14,19,22,24,28H,3-7,10-12,15-18H2,1-2H3,(H,29,33)/t22-,24+/m0/s1. The molecule has 7 nitrogen and oxygen atoms in total. The van der Waals surface area contributed by atoms with Gasteiger partial charge in [-0.25, -0.2) is 0 Å². The Hall–Kier alpha value is -2.12. The second-order valence-corrected chi connectivity index (χ2v) is 9.73. The zero-order valence-electron chi connectivity index (χ0n) is 20.5. The summed E-state index contributed by atoms with van der Waals surface area (Å²) >= 11 is 6.22. The molecule has 2 fully saturated rings. The number of rotatable bonds is 10. The molecule has 2 atom stereocenters. The van der Waals surface area contributed by atoms with Crippen LogP contribution in [0.4, 0.5) is 0 Å². The van der Waals surface area contributed by atoms with Crippen LogP contribution in [0.2, 0.25) is 5.02 Å². The summed E-state index contributed by atoms with van der Waals surface area (Å²) in [6.45, 7) is 6.27. The smallest absolute Gasteiger partial charge is 0.243 e. The van der Waals surface area contributed by atoms with E-state index in [0.717, 1.165) is 37.7 Å². The minimum Gasteiger partial charge on any atom is -0.350 e. The molecule has 8 heteroatoms. The lowest BCUT2D eigenvalue weighted by atomic mass is 9.83. The number of nitrogens with zero attached hydrogens (tertiary/aromatic N) is 2. The number of likely N-dealkylation sites (N-methyl/N-ethyl adjacent to an activating group) is 1. The van der Waals surface area contributed by atoms with Crippen LogP contribution in [0.25, 0.3) is 0 Å². The van der Waals surface area contributed by atoms with Crippen LogP contribution < -0.4 is 10.6 Å². The minimum absolute atomic E-state index is 0.00839. The summed E-state index contributed by atoms with van der Waals surface area (Å²) in [6.07, 6.45) is 6.78. The maximum absolute atomic E-state index is 13.7. The highest BCUT2D eigenvalue weighted by atomic mass is 35.5. The Labute approximate surface area is 208 Å². The van der Waals surface area contributed by atoms with E-state index in [1.807, 2.05) is 32.0 Å². The van der Waals surface area contributed by atoms with Gasteiger partial charge in [-0.1, -0.05) is 49.1 Å². The highest BCUT2D eigenvalue weighted by Gasteiger charge is 2.40. The largest absolute Gasteiger partial charge is 0.350 e. The van der Waals surface area contributed by atoms with Crippen molar-refractivity contribution >= 4 is 29.3 Å². The normalized spacial score (nSPS) is 19.6. The number of nitrogens with one attached hydrogen (secondary N) is 2. The number of amides is 3. The molecule has 0 bridgehead atoms. The summed E-state index contributed by atoms with van der Waals surface area (Å²) in [5.74, 6) is 0.00859. The van der Waals surface area contributed by atoms with Crippen molar-refractivity contribution in [2.45, 2.75) is 77.4 Å². The minimum atomic E-state index is -0.485. The monoisotopic (exact) mass is 490 g/mol. The average Bonchev–Trinajstić information content (AvgIpc) is 3.35. The predicted molar refractivity (Wildman–Crippen MR) is 134 cm³/mol. The first-order chi connectivity index (χ1) is 16.5. The highest BCUT2D eigenvalue weighted by molar-refractivity contribution is 6.31. The van der Waals surface area contributed by atoms with Crippen molar-refractivity contribution in [2.75, 3.05) is 26.2 Å². The van der Waals surface area contributed by atoms with Crippen LogP contribution in [0.3, 0.4) is 0 Å². The lowest BCUT2D eigenvalue weighted by Gasteiger charge is -2.35. The van der Waals surface area contributed by atoms with E-state index in [4.69, 9.17) is 11.6 Å². The van der Waals surface area contributed by atoms with E-state index in [1.54, 1.807) is 15.9 Å². The molecule has 1 saturated heterocycles. The van der Waals surface area contributed by atoms with E-state index >= 15 is 0 Å². The molecule has 2 aliphatic rings. The molecule has 1 aromatic carbocycles. The maximum atomic E-state index is 13.7. The predicted octanol–water partition coefficient (Wildman–Crippen LogP) is 3.35. The van der Waals surface area contributed by atoms with Crippen molar-refractivity contribution in [3.05, 3.63) is 34.9 Å². The number of likely N-dealkylation sites (tertiary alicyclic amines) is 1. The summed E-state index contributed by atoms with van der Waals surface area (Å²) in [5.41, 5.74) is 0.852. The molecule has 3 rings (SSSR count). The third kappa shape index (κ3) is 6.72. The van der Waals surface area contributed by atoms with Gasteiger partial charge in [-0.05, 0) is 57.1 Å². The second-order valence-electron chi connectivity index (χ2n) is 9.32. The van der Waals surface area contributed by atoms with Gasteiger partial charge in [-0.2, -0.15) is 0 Å². The summed E-state index contributed by atoms with van der Waals surface area (Å²) in [5, 5.41) is 6.89. The van der Waals surface area contributed by atoms with Crippen LogP contribution in [0, 0.1) is 5.92 Å². The zero-order chi connectivity index (χ0) is 24.5. The van der Waals surface area contributed by atoms with Gasteiger partial charge in [0.15, 0.2) is 0 Å². The number of carbonyl (C=O) groups excluding carboxylic acids is 3. The maximum Gasteiger partial charge on any atom is 0.243 e. The molecule has 0 aromatic heterocycles. The summed E-state index contributed by atoms with van der Waals surface area (Å²) in [6, 6.07) is 6.51. The molecule has 0 unspecified atom stereocenters. The fraction of sp³-hybridized carbons (Fsp3) is 0.654. The van der Waals surface area contributed by atoms with Gasteiger partial charge in [0.2, 0.25) is 17.7 Å². The number of carbonyl (C=O) groups is 3. The molecule has 1 aliphatic carbocycles. The van der Waals surface area contributed by atoms with Gasteiger partial charge >= 0.3 is 0 Å². The van der Waals surface area contributed by atoms with E-state index in [1.165, 1.54) is 6.42 Å². The molecule has 0 spiro atoms. The topological polar surface area (TPSA) is 81.8 Å². The Morgan fingerprint density at radius 1 is 1.06 bits per heavy atom. The van der Waals surface area contributed by atoms with Crippen LogP contribution in [0.15, 0.2) is 24.3 Å². The Morgan fingerprint density at radius 3 is 2.44 bits per heavy atom. The molecule has 188 valence electrons. The molecule has 34 heavy (non-hydrogen) atoms. The number of benzene rings is 1. The lowest BCUT2D eigenvalue weighted by molar-refractivity contribution is -0.141. The first-order valence-corrected chi connectivity index (χ1v) is 13.2.